The number of hydrogen-bond donors (Lipinski definition) is 3. The number of aromatic amines is 1. The minimum atomic E-state index is -0.469. The van der Waals surface area contributed by atoms with Gasteiger partial charge >= 0.3 is 0 Å². The van der Waals surface area contributed by atoms with Crippen LogP contribution in [0.25, 0.3) is 11.0 Å². The van der Waals surface area contributed by atoms with E-state index in [-0.39, 0.29) is 11.7 Å². The molecule has 2 amide bonds. The maximum Gasteiger partial charge on any atom is 0.271 e. The monoisotopic (exact) mass is 374 g/mol. The van der Waals surface area contributed by atoms with Crippen molar-refractivity contribution in [1.29, 1.82) is 0 Å². The van der Waals surface area contributed by atoms with Crippen molar-refractivity contribution in [3.63, 3.8) is 0 Å². The van der Waals surface area contributed by atoms with Gasteiger partial charge in [0.15, 0.2) is 5.16 Å². The maximum absolute atomic E-state index is 12.0. The average molecular weight is 375 g/mol. The summed E-state index contributed by atoms with van der Waals surface area (Å²) >= 11 is 7.19. The minimum Gasteiger partial charge on any atom is -0.333 e. The van der Waals surface area contributed by atoms with Crippen LogP contribution in [0, 0.1) is 6.92 Å². The Bertz CT molecular complexity index is 941. The molecule has 0 fully saturated rings. The highest BCUT2D eigenvalue weighted by Crippen LogP contribution is 2.20. The van der Waals surface area contributed by atoms with Crippen LogP contribution in [0.1, 0.15) is 15.9 Å². The van der Waals surface area contributed by atoms with Crippen molar-refractivity contribution in [3.8, 4) is 0 Å². The third kappa shape index (κ3) is 4.32. The van der Waals surface area contributed by atoms with Gasteiger partial charge in [-0.2, -0.15) is 0 Å². The second-order valence-electron chi connectivity index (χ2n) is 5.33. The van der Waals surface area contributed by atoms with E-state index in [1.165, 1.54) is 11.8 Å². The van der Waals surface area contributed by atoms with Crippen LogP contribution in [0.4, 0.5) is 0 Å². The highest BCUT2D eigenvalue weighted by atomic mass is 35.5. The Kier molecular flexibility index (Phi) is 5.25. The Morgan fingerprint density at radius 2 is 2.00 bits per heavy atom. The number of carbonyl (C=O) groups excluding carboxylic acids is 2. The van der Waals surface area contributed by atoms with E-state index in [0.717, 1.165) is 16.6 Å². The number of carbonyl (C=O) groups is 2. The molecule has 0 bridgehead atoms. The molecule has 0 saturated heterocycles. The average Bonchev–Trinajstić information content (AvgIpc) is 3.00. The molecule has 2 aromatic carbocycles. The largest absolute Gasteiger partial charge is 0.333 e. The number of hydrazine groups is 1. The minimum absolute atomic E-state index is 0.113. The van der Waals surface area contributed by atoms with E-state index in [4.69, 9.17) is 11.6 Å². The number of nitrogens with zero attached hydrogens (tertiary/aromatic N) is 1. The predicted octanol–water partition coefficient (Wildman–Crippen LogP) is 3.08. The fourth-order valence-corrected chi connectivity index (χ4v) is 3.08. The molecule has 0 aliphatic rings. The number of rotatable bonds is 4. The molecule has 6 nitrogen and oxygen atoms in total. The standard InChI is InChI=1S/C17H15ClN4O2S/c1-10-6-7-13-14(8-10)20-17(19-13)25-9-15(23)21-22-16(24)11-4-2-3-5-12(11)18/h2-8H,9H2,1H3,(H,19,20)(H,21,23)(H,22,24). The van der Waals surface area contributed by atoms with E-state index in [1.807, 2.05) is 25.1 Å². The maximum atomic E-state index is 12.0. The Balaban J connectivity index is 1.52. The molecular formula is C17H15ClN4O2S. The van der Waals surface area contributed by atoms with Gasteiger partial charge in [-0.1, -0.05) is 41.6 Å². The molecule has 3 aromatic rings. The number of amides is 2. The smallest absolute Gasteiger partial charge is 0.271 e. The topological polar surface area (TPSA) is 86.9 Å². The lowest BCUT2D eigenvalue weighted by molar-refractivity contribution is -0.119. The quantitative estimate of drug-likeness (QED) is 0.484. The van der Waals surface area contributed by atoms with Gasteiger partial charge in [-0.15, -0.1) is 0 Å². The molecule has 25 heavy (non-hydrogen) atoms. The first-order valence-corrected chi connectivity index (χ1v) is 8.82. The van der Waals surface area contributed by atoms with Gasteiger partial charge in [0.05, 0.1) is 27.4 Å². The fraction of sp³-hybridized carbons (Fsp3) is 0.118. The van der Waals surface area contributed by atoms with Crippen molar-refractivity contribution in [1.82, 2.24) is 20.8 Å². The molecule has 0 atom stereocenters. The number of aryl methyl sites for hydroxylation is 1. The molecule has 3 N–H and O–H groups in total. The van der Waals surface area contributed by atoms with E-state index in [9.17, 15) is 9.59 Å². The first-order chi connectivity index (χ1) is 12.0. The van der Waals surface area contributed by atoms with Gasteiger partial charge in [-0.3, -0.25) is 20.4 Å². The van der Waals surface area contributed by atoms with Gasteiger partial charge < -0.3 is 4.98 Å². The number of benzene rings is 2. The summed E-state index contributed by atoms with van der Waals surface area (Å²) in [4.78, 5) is 31.4. The van der Waals surface area contributed by atoms with E-state index in [0.29, 0.717) is 15.7 Å². The normalized spacial score (nSPS) is 10.6. The number of thioether (sulfide) groups is 1. The molecule has 0 aliphatic heterocycles. The van der Waals surface area contributed by atoms with E-state index in [2.05, 4.69) is 20.8 Å². The third-order valence-electron chi connectivity index (χ3n) is 3.39. The highest BCUT2D eigenvalue weighted by molar-refractivity contribution is 7.99. The summed E-state index contributed by atoms with van der Waals surface area (Å²) in [5, 5.41) is 0.967. The number of halogens is 1. The number of hydrogen-bond acceptors (Lipinski definition) is 4. The molecule has 0 spiro atoms. The predicted molar refractivity (Wildman–Crippen MR) is 98.6 cm³/mol. The molecule has 0 unspecified atom stereocenters. The summed E-state index contributed by atoms with van der Waals surface area (Å²) in [7, 11) is 0. The number of aromatic nitrogens is 2. The van der Waals surface area contributed by atoms with Crippen LogP contribution in [-0.2, 0) is 4.79 Å². The zero-order valence-electron chi connectivity index (χ0n) is 13.3. The van der Waals surface area contributed by atoms with Crippen LogP contribution >= 0.6 is 23.4 Å². The zero-order chi connectivity index (χ0) is 17.8. The van der Waals surface area contributed by atoms with Crippen LogP contribution in [0.15, 0.2) is 47.6 Å². The van der Waals surface area contributed by atoms with E-state index >= 15 is 0 Å². The van der Waals surface area contributed by atoms with Gasteiger partial charge in [0.2, 0.25) is 5.91 Å². The molecule has 128 valence electrons. The summed E-state index contributed by atoms with van der Waals surface area (Å²) in [5.74, 6) is -0.702. The van der Waals surface area contributed by atoms with Gasteiger partial charge in [0, 0.05) is 0 Å². The summed E-state index contributed by atoms with van der Waals surface area (Å²) in [6.45, 7) is 2.00. The summed E-state index contributed by atoms with van der Waals surface area (Å²) in [5.41, 5.74) is 7.91. The number of nitrogens with one attached hydrogen (secondary N) is 3. The van der Waals surface area contributed by atoms with Crippen LogP contribution < -0.4 is 10.9 Å². The lowest BCUT2D eigenvalue weighted by Crippen LogP contribution is -2.42. The third-order valence-corrected chi connectivity index (χ3v) is 4.59. The molecular weight excluding hydrogens is 360 g/mol. The van der Waals surface area contributed by atoms with E-state index < -0.39 is 5.91 Å². The van der Waals surface area contributed by atoms with Crippen molar-refractivity contribution in [2.75, 3.05) is 5.75 Å². The molecule has 1 aromatic heterocycles. The van der Waals surface area contributed by atoms with Crippen molar-refractivity contribution < 1.29 is 9.59 Å². The van der Waals surface area contributed by atoms with Gasteiger partial charge in [-0.05, 0) is 36.8 Å². The Morgan fingerprint density at radius 1 is 1.20 bits per heavy atom. The molecule has 0 saturated carbocycles. The Hall–Kier alpha value is -2.51. The van der Waals surface area contributed by atoms with Crippen LogP contribution in [0.3, 0.4) is 0 Å². The van der Waals surface area contributed by atoms with Crippen LogP contribution in [-0.4, -0.2) is 27.5 Å². The molecule has 1 heterocycles. The second-order valence-corrected chi connectivity index (χ2v) is 6.70. The Morgan fingerprint density at radius 3 is 2.80 bits per heavy atom. The number of imidazole rings is 1. The van der Waals surface area contributed by atoms with Gasteiger partial charge in [0.1, 0.15) is 0 Å². The SMILES string of the molecule is Cc1ccc2nc(SCC(=O)NNC(=O)c3ccccc3Cl)[nH]c2c1. The molecule has 8 heteroatoms. The number of H-pyrrole nitrogens is 1. The first-order valence-electron chi connectivity index (χ1n) is 7.46. The zero-order valence-corrected chi connectivity index (χ0v) is 14.9. The van der Waals surface area contributed by atoms with Crippen LogP contribution in [0.5, 0.6) is 0 Å². The lowest BCUT2D eigenvalue weighted by Gasteiger charge is -2.07. The van der Waals surface area contributed by atoms with Crippen LogP contribution in [0.2, 0.25) is 5.02 Å². The molecule has 3 rings (SSSR count). The Labute approximate surface area is 153 Å². The first kappa shape index (κ1) is 17.3. The second kappa shape index (κ2) is 7.58. The van der Waals surface area contributed by atoms with Gasteiger partial charge in [0.25, 0.3) is 5.91 Å². The molecule has 0 radical (unpaired) electrons. The summed E-state index contributed by atoms with van der Waals surface area (Å²) < 4.78 is 0. The summed E-state index contributed by atoms with van der Waals surface area (Å²) in [6, 6.07) is 12.5. The lowest BCUT2D eigenvalue weighted by atomic mass is 10.2. The number of fused-ring (bicyclic) bond motifs is 1. The highest BCUT2D eigenvalue weighted by Gasteiger charge is 2.11. The molecule has 0 aliphatic carbocycles. The van der Waals surface area contributed by atoms with Crippen molar-refractivity contribution in [2.24, 2.45) is 0 Å². The van der Waals surface area contributed by atoms with Gasteiger partial charge in [-0.25, -0.2) is 4.98 Å². The fourth-order valence-electron chi connectivity index (χ4n) is 2.18. The van der Waals surface area contributed by atoms with Crippen molar-refractivity contribution in [3.05, 3.63) is 58.6 Å². The van der Waals surface area contributed by atoms with Crippen molar-refractivity contribution >= 4 is 46.2 Å². The summed E-state index contributed by atoms with van der Waals surface area (Å²) in [6.07, 6.45) is 0. The van der Waals surface area contributed by atoms with E-state index in [1.54, 1.807) is 24.3 Å². The van der Waals surface area contributed by atoms with Crippen molar-refractivity contribution in [2.45, 2.75) is 12.1 Å².